The Bertz CT molecular complexity index is 977. The molecule has 0 spiro atoms. The number of aryl methyl sites for hydroxylation is 1. The fourth-order valence-electron chi connectivity index (χ4n) is 2.68. The minimum Gasteiger partial charge on any atom is -0.322 e. The maximum Gasteiger partial charge on any atom is 0.274 e. The number of carbonyl (C=O) groups is 2. The summed E-state index contributed by atoms with van der Waals surface area (Å²) < 4.78 is 0. The number of amides is 2. The van der Waals surface area contributed by atoms with E-state index in [4.69, 9.17) is 0 Å². The first-order valence-corrected chi connectivity index (χ1v) is 9.18. The van der Waals surface area contributed by atoms with E-state index in [0.29, 0.717) is 22.9 Å². The Morgan fingerprint density at radius 3 is 2.00 bits per heavy atom. The third-order valence-electron chi connectivity index (χ3n) is 4.40. The van der Waals surface area contributed by atoms with Crippen LogP contribution in [0.2, 0.25) is 0 Å². The lowest BCUT2D eigenvalue weighted by molar-refractivity contribution is 0.102. The maximum atomic E-state index is 12.5. The number of nitrogens with zero attached hydrogens (tertiary/aromatic N) is 1. The van der Waals surface area contributed by atoms with E-state index in [1.165, 1.54) is 17.8 Å². The van der Waals surface area contributed by atoms with Gasteiger partial charge in [0.1, 0.15) is 5.69 Å². The van der Waals surface area contributed by atoms with Gasteiger partial charge in [-0.3, -0.25) is 14.6 Å². The smallest absolute Gasteiger partial charge is 0.274 e. The largest absolute Gasteiger partial charge is 0.322 e. The van der Waals surface area contributed by atoms with Crippen LogP contribution < -0.4 is 10.6 Å². The van der Waals surface area contributed by atoms with E-state index in [1.54, 1.807) is 6.07 Å². The predicted octanol–water partition coefficient (Wildman–Crippen LogP) is 5.02. The van der Waals surface area contributed by atoms with E-state index >= 15 is 0 Å². The van der Waals surface area contributed by atoms with Crippen LogP contribution in [0.1, 0.15) is 51.7 Å². The van der Waals surface area contributed by atoms with Crippen LogP contribution in [0.4, 0.5) is 11.4 Å². The first-order valence-electron chi connectivity index (χ1n) is 9.18. The molecule has 0 aliphatic heterocycles. The van der Waals surface area contributed by atoms with Crippen molar-refractivity contribution in [2.75, 3.05) is 10.6 Å². The van der Waals surface area contributed by atoms with Crippen molar-refractivity contribution in [1.82, 2.24) is 4.98 Å². The van der Waals surface area contributed by atoms with Crippen LogP contribution in [0.15, 0.2) is 66.9 Å². The molecular weight excluding hydrogens is 350 g/mol. The van der Waals surface area contributed by atoms with Gasteiger partial charge in [-0.1, -0.05) is 43.7 Å². The topological polar surface area (TPSA) is 71.1 Å². The zero-order valence-electron chi connectivity index (χ0n) is 16.2. The summed E-state index contributed by atoms with van der Waals surface area (Å²) in [7, 11) is 0. The average molecular weight is 373 g/mol. The van der Waals surface area contributed by atoms with Crippen molar-refractivity contribution in [2.24, 2.45) is 0 Å². The highest BCUT2D eigenvalue weighted by Crippen LogP contribution is 2.18. The fourth-order valence-corrected chi connectivity index (χ4v) is 2.68. The molecule has 2 aromatic carbocycles. The average Bonchev–Trinajstić information content (AvgIpc) is 2.70. The van der Waals surface area contributed by atoms with Gasteiger partial charge in [0, 0.05) is 23.1 Å². The summed E-state index contributed by atoms with van der Waals surface area (Å²) >= 11 is 0. The molecule has 0 atom stereocenters. The summed E-state index contributed by atoms with van der Waals surface area (Å²) in [6.07, 6.45) is 1.46. The molecule has 0 unspecified atom stereocenters. The van der Waals surface area contributed by atoms with Gasteiger partial charge in [-0.15, -0.1) is 0 Å². The van der Waals surface area contributed by atoms with E-state index in [-0.39, 0.29) is 17.5 Å². The molecule has 142 valence electrons. The molecule has 0 bridgehead atoms. The summed E-state index contributed by atoms with van der Waals surface area (Å²) in [6.45, 7) is 6.21. The lowest BCUT2D eigenvalue weighted by Gasteiger charge is -2.09. The van der Waals surface area contributed by atoms with Crippen molar-refractivity contribution in [3.63, 3.8) is 0 Å². The predicted molar refractivity (Wildman–Crippen MR) is 112 cm³/mol. The molecule has 0 fully saturated rings. The fraction of sp³-hybridized carbons (Fsp3) is 0.174. The van der Waals surface area contributed by atoms with Crippen molar-refractivity contribution < 1.29 is 9.59 Å². The van der Waals surface area contributed by atoms with Crippen LogP contribution in [0.25, 0.3) is 0 Å². The number of hydrogen-bond donors (Lipinski definition) is 2. The molecule has 0 saturated carbocycles. The van der Waals surface area contributed by atoms with Gasteiger partial charge < -0.3 is 10.6 Å². The van der Waals surface area contributed by atoms with Gasteiger partial charge in [0.2, 0.25) is 0 Å². The Hall–Kier alpha value is -3.47. The first-order chi connectivity index (χ1) is 13.4. The van der Waals surface area contributed by atoms with Crippen molar-refractivity contribution in [3.8, 4) is 0 Å². The number of anilines is 2. The van der Waals surface area contributed by atoms with Gasteiger partial charge in [0.05, 0.1) is 0 Å². The Labute approximate surface area is 164 Å². The van der Waals surface area contributed by atoms with E-state index in [1.807, 2.05) is 55.5 Å². The van der Waals surface area contributed by atoms with Crippen molar-refractivity contribution >= 4 is 23.2 Å². The normalized spacial score (nSPS) is 10.6. The standard InChI is InChI=1S/C23H23N3O2/c1-15(2)17-6-10-20(11-7-17)26-23(28)21-14-18(12-13-24-21)22(27)25-19-8-4-16(3)5-9-19/h4-15H,1-3H3,(H,25,27)(H,26,28). The van der Waals surface area contributed by atoms with Crippen LogP contribution >= 0.6 is 0 Å². The van der Waals surface area contributed by atoms with E-state index in [0.717, 1.165) is 5.56 Å². The summed E-state index contributed by atoms with van der Waals surface area (Å²) in [5.74, 6) is -0.223. The third kappa shape index (κ3) is 4.82. The molecule has 5 heteroatoms. The molecular formula is C23H23N3O2. The quantitative estimate of drug-likeness (QED) is 0.660. The number of nitrogens with one attached hydrogen (secondary N) is 2. The Kier molecular flexibility index (Phi) is 5.84. The zero-order valence-corrected chi connectivity index (χ0v) is 16.2. The Balaban J connectivity index is 1.70. The minimum atomic E-state index is -0.359. The number of hydrogen-bond acceptors (Lipinski definition) is 3. The molecule has 28 heavy (non-hydrogen) atoms. The molecule has 3 rings (SSSR count). The molecule has 1 aromatic heterocycles. The highest BCUT2D eigenvalue weighted by Gasteiger charge is 2.13. The van der Waals surface area contributed by atoms with E-state index < -0.39 is 0 Å². The maximum absolute atomic E-state index is 12.5. The zero-order chi connectivity index (χ0) is 20.1. The van der Waals surface area contributed by atoms with Gasteiger partial charge in [-0.25, -0.2) is 0 Å². The first kappa shape index (κ1) is 19.3. The van der Waals surface area contributed by atoms with E-state index in [2.05, 4.69) is 29.5 Å². The third-order valence-corrected chi connectivity index (χ3v) is 4.40. The van der Waals surface area contributed by atoms with Gasteiger partial charge in [-0.2, -0.15) is 0 Å². The lowest BCUT2D eigenvalue weighted by Crippen LogP contribution is -2.17. The number of rotatable bonds is 5. The van der Waals surface area contributed by atoms with Crippen LogP contribution in [0.3, 0.4) is 0 Å². The molecule has 0 saturated heterocycles. The van der Waals surface area contributed by atoms with E-state index in [9.17, 15) is 9.59 Å². The van der Waals surface area contributed by atoms with Crippen LogP contribution in [0, 0.1) is 6.92 Å². The molecule has 2 N–H and O–H groups in total. The van der Waals surface area contributed by atoms with Crippen LogP contribution in [-0.4, -0.2) is 16.8 Å². The number of aromatic nitrogens is 1. The van der Waals surface area contributed by atoms with Crippen LogP contribution in [0.5, 0.6) is 0 Å². The molecule has 0 aliphatic carbocycles. The molecule has 5 nitrogen and oxygen atoms in total. The summed E-state index contributed by atoms with van der Waals surface area (Å²) in [4.78, 5) is 29.1. The second-order valence-electron chi connectivity index (χ2n) is 6.98. The van der Waals surface area contributed by atoms with Crippen molar-refractivity contribution in [2.45, 2.75) is 26.7 Å². The van der Waals surface area contributed by atoms with Gasteiger partial charge in [0.25, 0.3) is 11.8 Å². The summed E-state index contributed by atoms with van der Waals surface area (Å²) in [6, 6.07) is 18.3. The molecule has 2 amide bonds. The molecule has 0 radical (unpaired) electrons. The van der Waals surface area contributed by atoms with Crippen molar-refractivity contribution in [3.05, 3.63) is 89.2 Å². The SMILES string of the molecule is Cc1ccc(NC(=O)c2ccnc(C(=O)Nc3ccc(C(C)C)cc3)c2)cc1. The highest BCUT2D eigenvalue weighted by atomic mass is 16.2. The monoisotopic (exact) mass is 373 g/mol. The lowest BCUT2D eigenvalue weighted by atomic mass is 10.0. The Morgan fingerprint density at radius 2 is 1.39 bits per heavy atom. The van der Waals surface area contributed by atoms with Crippen LogP contribution in [-0.2, 0) is 0 Å². The Morgan fingerprint density at radius 1 is 0.821 bits per heavy atom. The molecule has 1 heterocycles. The number of benzene rings is 2. The summed E-state index contributed by atoms with van der Waals surface area (Å²) in [5, 5.41) is 5.63. The second kappa shape index (κ2) is 8.48. The number of carbonyl (C=O) groups excluding carboxylic acids is 2. The highest BCUT2D eigenvalue weighted by molar-refractivity contribution is 6.07. The second-order valence-corrected chi connectivity index (χ2v) is 6.98. The van der Waals surface area contributed by atoms with Crippen molar-refractivity contribution in [1.29, 1.82) is 0 Å². The summed E-state index contributed by atoms with van der Waals surface area (Å²) in [5.41, 5.74) is 4.25. The number of pyridine rings is 1. The van der Waals surface area contributed by atoms with Gasteiger partial charge in [0.15, 0.2) is 0 Å². The van der Waals surface area contributed by atoms with Gasteiger partial charge >= 0.3 is 0 Å². The van der Waals surface area contributed by atoms with Gasteiger partial charge in [-0.05, 0) is 54.8 Å². The molecule has 0 aliphatic rings. The molecule has 3 aromatic rings. The minimum absolute atomic E-state index is 0.185.